The summed E-state index contributed by atoms with van der Waals surface area (Å²) in [7, 11) is 0.442. The van der Waals surface area contributed by atoms with E-state index < -0.39 is 11.0 Å². The first-order chi connectivity index (χ1) is 15.4. The van der Waals surface area contributed by atoms with E-state index >= 15 is 0 Å². The van der Waals surface area contributed by atoms with E-state index in [9.17, 15) is 0 Å². The first kappa shape index (κ1) is 19.8. The van der Waals surface area contributed by atoms with Gasteiger partial charge in [-0.1, -0.05) is 121 Å². The van der Waals surface area contributed by atoms with Crippen molar-refractivity contribution in [2.45, 2.75) is 11.0 Å². The SMILES string of the molecule is C1=CC(c2ccccc2)(c2ccccc2)C(c2ccccc2)(c2ccccc2)O[P]O1. The molecule has 0 aromatic heterocycles. The van der Waals surface area contributed by atoms with Crippen molar-refractivity contribution < 1.29 is 9.05 Å². The van der Waals surface area contributed by atoms with Gasteiger partial charge in [-0.2, -0.15) is 0 Å². The zero-order valence-corrected chi connectivity index (χ0v) is 17.9. The van der Waals surface area contributed by atoms with Crippen LogP contribution >= 0.6 is 9.03 Å². The zero-order valence-electron chi connectivity index (χ0n) is 17.0. The number of rotatable bonds is 4. The fourth-order valence-corrected chi connectivity index (χ4v) is 5.29. The molecule has 151 valence electrons. The minimum atomic E-state index is -0.854. The Balaban J connectivity index is 1.96. The van der Waals surface area contributed by atoms with Crippen LogP contribution in [-0.4, -0.2) is 0 Å². The Morgan fingerprint density at radius 3 is 1.29 bits per heavy atom. The minimum Gasteiger partial charge on any atom is -0.449 e. The second kappa shape index (κ2) is 8.51. The second-order valence-electron chi connectivity index (χ2n) is 7.53. The van der Waals surface area contributed by atoms with Gasteiger partial charge in [0.25, 0.3) is 0 Å². The molecule has 5 rings (SSSR count). The van der Waals surface area contributed by atoms with Crippen LogP contribution in [-0.2, 0) is 20.1 Å². The molecule has 0 saturated carbocycles. The summed E-state index contributed by atoms with van der Waals surface area (Å²) in [4.78, 5) is 0. The monoisotopic (exact) mass is 421 g/mol. The predicted molar refractivity (Wildman–Crippen MR) is 126 cm³/mol. The molecule has 1 heterocycles. The van der Waals surface area contributed by atoms with Gasteiger partial charge in [0.1, 0.15) is 5.60 Å². The molecular weight excluding hydrogens is 399 g/mol. The molecule has 0 amide bonds. The Kier molecular flexibility index (Phi) is 5.42. The molecule has 0 N–H and O–H groups in total. The Bertz CT molecular complexity index is 1060. The normalized spacial score (nSPS) is 17.5. The molecule has 2 nitrogen and oxygen atoms in total. The van der Waals surface area contributed by atoms with Gasteiger partial charge in [0.2, 0.25) is 0 Å². The highest BCUT2D eigenvalue weighted by atomic mass is 31.1. The maximum atomic E-state index is 6.78. The van der Waals surface area contributed by atoms with Crippen LogP contribution in [0.5, 0.6) is 0 Å². The smallest absolute Gasteiger partial charge is 0.330 e. The van der Waals surface area contributed by atoms with Gasteiger partial charge in [-0.3, -0.25) is 4.52 Å². The highest BCUT2D eigenvalue weighted by Gasteiger charge is 2.57. The third-order valence-corrected chi connectivity index (χ3v) is 6.53. The van der Waals surface area contributed by atoms with Gasteiger partial charge in [-0.15, -0.1) is 0 Å². The van der Waals surface area contributed by atoms with E-state index in [-0.39, 0.29) is 0 Å². The van der Waals surface area contributed by atoms with Gasteiger partial charge in [-0.25, -0.2) is 0 Å². The van der Waals surface area contributed by atoms with E-state index in [2.05, 4.69) is 103 Å². The van der Waals surface area contributed by atoms with Crippen LogP contribution in [0.1, 0.15) is 22.3 Å². The summed E-state index contributed by atoms with van der Waals surface area (Å²) in [6, 6.07) is 42.0. The van der Waals surface area contributed by atoms with Gasteiger partial charge in [0, 0.05) is 0 Å². The highest BCUT2D eigenvalue weighted by molar-refractivity contribution is 7.26. The van der Waals surface area contributed by atoms with E-state index in [4.69, 9.17) is 9.05 Å². The summed E-state index contributed by atoms with van der Waals surface area (Å²) in [5.41, 5.74) is 2.87. The maximum Gasteiger partial charge on any atom is 0.330 e. The van der Waals surface area contributed by atoms with E-state index in [1.165, 1.54) is 0 Å². The Labute approximate surface area is 185 Å². The van der Waals surface area contributed by atoms with Gasteiger partial charge < -0.3 is 4.52 Å². The zero-order chi connectivity index (χ0) is 21.0. The van der Waals surface area contributed by atoms with Crippen molar-refractivity contribution in [1.82, 2.24) is 0 Å². The predicted octanol–water partition coefficient (Wildman–Crippen LogP) is 7.25. The standard InChI is InChI=1S/C28H22O2P/c1-5-13-23(14-6-1)27(24-15-7-2-8-16-24)21-22-29-31-30-28(27,25-17-9-3-10-18-25)26-19-11-4-12-20-26/h1-22H. The Morgan fingerprint density at radius 2 is 0.871 bits per heavy atom. The molecule has 1 aliphatic heterocycles. The molecule has 4 aromatic rings. The quantitative estimate of drug-likeness (QED) is 0.323. The van der Waals surface area contributed by atoms with Crippen molar-refractivity contribution in [2.75, 3.05) is 0 Å². The average molecular weight is 421 g/mol. The van der Waals surface area contributed by atoms with E-state index in [1.54, 1.807) is 6.26 Å². The van der Waals surface area contributed by atoms with Crippen molar-refractivity contribution in [1.29, 1.82) is 0 Å². The van der Waals surface area contributed by atoms with E-state index in [0.29, 0.717) is 9.03 Å². The average Bonchev–Trinajstić information content (AvgIpc) is 3.08. The van der Waals surface area contributed by atoms with Crippen molar-refractivity contribution in [3.8, 4) is 0 Å². The molecular formula is C28H22O2P. The molecule has 4 aromatic carbocycles. The van der Waals surface area contributed by atoms with E-state index in [0.717, 1.165) is 22.3 Å². The van der Waals surface area contributed by atoms with E-state index in [1.807, 2.05) is 24.3 Å². The molecule has 0 bridgehead atoms. The summed E-state index contributed by atoms with van der Waals surface area (Å²) in [5.74, 6) is 0. The van der Waals surface area contributed by atoms with Crippen LogP contribution in [0.4, 0.5) is 0 Å². The lowest BCUT2D eigenvalue weighted by Crippen LogP contribution is -2.50. The highest BCUT2D eigenvalue weighted by Crippen LogP contribution is 2.58. The minimum absolute atomic E-state index is 0.442. The largest absolute Gasteiger partial charge is 0.449 e. The Hall–Kier alpha value is -3.19. The van der Waals surface area contributed by atoms with Crippen LogP contribution in [0.25, 0.3) is 0 Å². The first-order valence-electron chi connectivity index (χ1n) is 10.3. The van der Waals surface area contributed by atoms with Crippen LogP contribution < -0.4 is 0 Å². The first-order valence-corrected chi connectivity index (χ1v) is 11.1. The van der Waals surface area contributed by atoms with Crippen LogP contribution in [0.2, 0.25) is 0 Å². The molecule has 1 radical (unpaired) electrons. The lowest BCUT2D eigenvalue weighted by Gasteiger charge is -2.48. The topological polar surface area (TPSA) is 18.5 Å². The fourth-order valence-electron chi connectivity index (χ4n) is 4.66. The molecule has 0 aliphatic carbocycles. The van der Waals surface area contributed by atoms with Gasteiger partial charge in [0.05, 0.1) is 11.7 Å². The fraction of sp³-hybridized carbons (Fsp3) is 0.0714. The van der Waals surface area contributed by atoms with Gasteiger partial charge in [0.15, 0.2) is 0 Å². The third-order valence-electron chi connectivity index (χ3n) is 5.97. The molecule has 0 fully saturated rings. The molecule has 0 atom stereocenters. The van der Waals surface area contributed by atoms with Crippen molar-refractivity contribution >= 4 is 9.03 Å². The summed E-state index contributed by atoms with van der Waals surface area (Å²) < 4.78 is 12.5. The number of benzene rings is 4. The molecule has 3 heteroatoms. The molecule has 0 spiro atoms. The van der Waals surface area contributed by atoms with Crippen molar-refractivity contribution in [2.24, 2.45) is 0 Å². The van der Waals surface area contributed by atoms with Crippen LogP contribution in [0.15, 0.2) is 134 Å². The van der Waals surface area contributed by atoms with Gasteiger partial charge >= 0.3 is 9.03 Å². The number of hydrogen-bond acceptors (Lipinski definition) is 2. The lowest BCUT2D eigenvalue weighted by atomic mass is 9.58. The van der Waals surface area contributed by atoms with Crippen LogP contribution in [0, 0.1) is 0 Å². The lowest BCUT2D eigenvalue weighted by molar-refractivity contribution is 0.0736. The summed E-state index contributed by atoms with van der Waals surface area (Å²) in [6.07, 6.45) is 3.92. The second-order valence-corrected chi connectivity index (χ2v) is 8.07. The summed E-state index contributed by atoms with van der Waals surface area (Å²) in [5, 5.41) is 0. The van der Waals surface area contributed by atoms with Crippen molar-refractivity contribution in [3.05, 3.63) is 156 Å². The molecule has 31 heavy (non-hydrogen) atoms. The molecule has 1 aliphatic rings. The summed E-state index contributed by atoms with van der Waals surface area (Å²) in [6.45, 7) is 0. The molecule has 0 saturated heterocycles. The van der Waals surface area contributed by atoms with Crippen LogP contribution in [0.3, 0.4) is 0 Å². The number of hydrogen-bond donors (Lipinski definition) is 0. The third kappa shape index (κ3) is 3.20. The van der Waals surface area contributed by atoms with Crippen molar-refractivity contribution in [3.63, 3.8) is 0 Å². The summed E-state index contributed by atoms with van der Waals surface area (Å²) >= 11 is 0. The van der Waals surface area contributed by atoms with Gasteiger partial charge in [-0.05, 0) is 28.3 Å². The maximum absolute atomic E-state index is 6.78. The Morgan fingerprint density at radius 1 is 0.484 bits per heavy atom. The molecule has 0 unspecified atom stereocenters.